The van der Waals surface area contributed by atoms with Crippen LogP contribution in [0.1, 0.15) is 26.7 Å². The normalized spacial score (nSPS) is 11.6. The molecule has 0 aliphatic heterocycles. The minimum atomic E-state index is -0.563. The third-order valence-electron chi connectivity index (χ3n) is 7.50. The molecule has 0 radical (unpaired) electrons. The van der Waals surface area contributed by atoms with Gasteiger partial charge in [0, 0.05) is 26.9 Å². The van der Waals surface area contributed by atoms with Crippen molar-refractivity contribution in [1.82, 2.24) is 5.32 Å². The van der Waals surface area contributed by atoms with Crippen LogP contribution >= 0.6 is 23.4 Å². The number of anilines is 2. The predicted molar refractivity (Wildman–Crippen MR) is 205 cm³/mol. The average Bonchev–Trinajstić information content (AvgIpc) is 3.16. The molecule has 0 saturated heterocycles. The van der Waals surface area contributed by atoms with Crippen molar-refractivity contribution in [3.8, 4) is 11.5 Å². The van der Waals surface area contributed by atoms with E-state index in [1.807, 2.05) is 91.0 Å². The Kier molecular flexibility index (Phi) is 11.6. The lowest BCUT2D eigenvalue weighted by atomic mass is 10.1. The summed E-state index contributed by atoms with van der Waals surface area (Å²) in [6, 6.07) is 49.0. The molecule has 0 bridgehead atoms. The number of halogens is 1. The van der Waals surface area contributed by atoms with Gasteiger partial charge in [-0.05, 0) is 102 Å². The molecule has 6 aromatic rings. The van der Waals surface area contributed by atoms with Crippen molar-refractivity contribution in [3.63, 3.8) is 0 Å². The summed E-state index contributed by atoms with van der Waals surface area (Å²) in [5.41, 5.74) is 3.09. The molecule has 6 rings (SSSR count). The summed E-state index contributed by atoms with van der Waals surface area (Å²) >= 11 is 7.56. The summed E-state index contributed by atoms with van der Waals surface area (Å²) in [7, 11) is 0. The largest absolute Gasteiger partial charge is 0.457 e. The molecule has 0 aliphatic rings. The van der Waals surface area contributed by atoms with Gasteiger partial charge in [0.15, 0.2) is 0 Å². The second kappa shape index (κ2) is 17.0. The summed E-state index contributed by atoms with van der Waals surface area (Å²) in [6.07, 6.45) is 1.57. The number of benzene rings is 6. The van der Waals surface area contributed by atoms with Crippen LogP contribution in [0.2, 0.25) is 5.02 Å². The maximum absolute atomic E-state index is 13.7. The topological polar surface area (TPSA) is 96.5 Å². The van der Waals surface area contributed by atoms with Crippen LogP contribution in [0, 0.1) is 0 Å². The highest BCUT2D eigenvalue weighted by Gasteiger charge is 2.23. The first-order valence-electron chi connectivity index (χ1n) is 16.0. The fourth-order valence-corrected chi connectivity index (χ4v) is 6.22. The van der Waals surface area contributed by atoms with E-state index in [4.69, 9.17) is 16.3 Å². The fraction of sp³-hybridized carbons (Fsp3) is 0.0238. The van der Waals surface area contributed by atoms with Crippen molar-refractivity contribution in [2.75, 3.05) is 10.6 Å². The lowest BCUT2D eigenvalue weighted by Gasteiger charge is -2.18. The van der Waals surface area contributed by atoms with Crippen LogP contribution in [0.5, 0.6) is 11.5 Å². The Morgan fingerprint density at radius 2 is 1.22 bits per heavy atom. The molecule has 1 atom stereocenters. The van der Waals surface area contributed by atoms with Gasteiger partial charge in [-0.25, -0.2) is 0 Å². The molecule has 1 unspecified atom stereocenters. The monoisotopic (exact) mass is 709 g/mol. The fourth-order valence-electron chi connectivity index (χ4n) is 5.00. The van der Waals surface area contributed by atoms with Crippen molar-refractivity contribution in [1.29, 1.82) is 0 Å². The number of ether oxygens (including phenoxy) is 1. The maximum Gasteiger partial charge on any atom is 0.272 e. The molecule has 7 nitrogen and oxygen atoms in total. The van der Waals surface area contributed by atoms with Gasteiger partial charge in [-0.15, -0.1) is 11.8 Å². The quantitative estimate of drug-likeness (QED) is 0.0868. The van der Waals surface area contributed by atoms with E-state index in [0.717, 1.165) is 16.2 Å². The van der Waals surface area contributed by atoms with Gasteiger partial charge in [0.05, 0.1) is 0 Å². The Hall–Kier alpha value is -6.09. The molecule has 51 heavy (non-hydrogen) atoms. The molecule has 3 N–H and O–H groups in total. The van der Waals surface area contributed by atoms with Crippen molar-refractivity contribution in [2.24, 2.45) is 0 Å². The third-order valence-corrected chi connectivity index (χ3v) is 9.00. The zero-order valence-electron chi connectivity index (χ0n) is 27.2. The molecule has 0 aliphatic carbocycles. The molecule has 3 amide bonds. The van der Waals surface area contributed by atoms with Crippen LogP contribution in [-0.4, -0.2) is 17.7 Å². The average molecular weight is 710 g/mol. The van der Waals surface area contributed by atoms with Gasteiger partial charge < -0.3 is 20.7 Å². The first kappa shape index (κ1) is 34.8. The van der Waals surface area contributed by atoms with Crippen LogP contribution in [-0.2, 0) is 9.59 Å². The van der Waals surface area contributed by atoms with Crippen molar-refractivity contribution in [3.05, 3.63) is 191 Å². The number of hydrogen-bond acceptors (Lipinski definition) is 5. The molecule has 6 aromatic carbocycles. The minimum absolute atomic E-state index is 0.0463. The summed E-state index contributed by atoms with van der Waals surface area (Å²) in [5.74, 6) is 0.259. The van der Waals surface area contributed by atoms with Crippen molar-refractivity contribution >= 4 is 58.5 Å². The van der Waals surface area contributed by atoms with E-state index in [2.05, 4.69) is 16.0 Å². The van der Waals surface area contributed by atoms with Gasteiger partial charge in [-0.1, -0.05) is 90.5 Å². The molecule has 9 heteroatoms. The Labute approximate surface area is 305 Å². The summed E-state index contributed by atoms with van der Waals surface area (Å²) in [6.45, 7) is 0. The maximum atomic E-state index is 13.7. The van der Waals surface area contributed by atoms with Gasteiger partial charge in [0.1, 0.15) is 22.4 Å². The first-order valence-corrected chi connectivity index (χ1v) is 17.3. The van der Waals surface area contributed by atoms with Crippen LogP contribution in [0.4, 0.5) is 11.4 Å². The molecule has 252 valence electrons. The Morgan fingerprint density at radius 1 is 0.627 bits per heavy atom. The minimum Gasteiger partial charge on any atom is -0.457 e. The van der Waals surface area contributed by atoms with Gasteiger partial charge in [-0.3, -0.25) is 14.4 Å². The highest BCUT2D eigenvalue weighted by molar-refractivity contribution is 8.00. The molecule has 0 spiro atoms. The second-order valence-corrected chi connectivity index (χ2v) is 12.9. The van der Waals surface area contributed by atoms with E-state index in [9.17, 15) is 14.4 Å². The zero-order chi connectivity index (χ0) is 35.4. The molecule has 0 aromatic heterocycles. The Balaban J connectivity index is 1.15. The zero-order valence-corrected chi connectivity index (χ0v) is 28.7. The number of thioether (sulfide) groups is 1. The van der Waals surface area contributed by atoms with Crippen LogP contribution in [0.25, 0.3) is 6.08 Å². The number of nitrogens with one attached hydrogen (secondary N) is 3. The number of carbonyl (C=O) groups is 3. The molecule has 0 saturated carbocycles. The Morgan fingerprint density at radius 3 is 1.88 bits per heavy atom. The van der Waals surface area contributed by atoms with Gasteiger partial charge in [0.2, 0.25) is 5.91 Å². The van der Waals surface area contributed by atoms with Gasteiger partial charge in [0.25, 0.3) is 11.8 Å². The van der Waals surface area contributed by atoms with E-state index >= 15 is 0 Å². The first-order chi connectivity index (χ1) is 24.9. The lowest BCUT2D eigenvalue weighted by Crippen LogP contribution is -2.30. The van der Waals surface area contributed by atoms with Crippen molar-refractivity contribution in [2.45, 2.75) is 10.1 Å². The molecular weight excluding hydrogens is 678 g/mol. The third kappa shape index (κ3) is 9.98. The molecule has 0 fully saturated rings. The van der Waals surface area contributed by atoms with Crippen LogP contribution in [0.15, 0.2) is 174 Å². The molecule has 0 heterocycles. The Bertz CT molecular complexity index is 2130. The number of hydrogen-bond donors (Lipinski definition) is 3. The lowest BCUT2D eigenvalue weighted by molar-refractivity contribution is -0.116. The number of rotatable bonds is 12. The highest BCUT2D eigenvalue weighted by Crippen LogP contribution is 2.37. The summed E-state index contributed by atoms with van der Waals surface area (Å²) < 4.78 is 5.88. The highest BCUT2D eigenvalue weighted by atomic mass is 35.5. The number of carbonyl (C=O) groups excluding carboxylic acids is 3. The number of amides is 3. The second-order valence-electron chi connectivity index (χ2n) is 11.2. The van der Waals surface area contributed by atoms with Gasteiger partial charge >= 0.3 is 0 Å². The van der Waals surface area contributed by atoms with Crippen molar-refractivity contribution < 1.29 is 19.1 Å². The van der Waals surface area contributed by atoms with E-state index < -0.39 is 17.1 Å². The van der Waals surface area contributed by atoms with Gasteiger partial charge in [-0.2, -0.15) is 0 Å². The smallest absolute Gasteiger partial charge is 0.272 e. The van der Waals surface area contributed by atoms with Crippen LogP contribution < -0.4 is 20.7 Å². The van der Waals surface area contributed by atoms with E-state index in [1.165, 1.54) is 11.8 Å². The summed E-state index contributed by atoms with van der Waals surface area (Å²) in [4.78, 5) is 41.0. The standard InChI is InChI=1S/C42H32ClN3O4S/c43-32-16-10-11-29(27-32)28-38(46-40(47)31-14-6-2-7-15-31)41(48)44-34-21-25-37(26-22-34)51-39(30-12-4-1-5-13-30)42(49)45-33-19-23-36(24-20-33)50-35-17-8-3-9-18-35/h1-28,39H,(H,44,48)(H,45,49)(H,46,47)/b38-28-. The number of para-hydroxylation sites is 1. The van der Waals surface area contributed by atoms with Crippen LogP contribution in [0.3, 0.4) is 0 Å². The molecular formula is C42H32ClN3O4S. The summed E-state index contributed by atoms with van der Waals surface area (Å²) in [5, 5.41) is 8.57. The van der Waals surface area contributed by atoms with E-state index in [0.29, 0.717) is 33.3 Å². The SMILES string of the molecule is O=C(Nc1ccc(SC(C(=O)Nc2ccc(Oc3ccccc3)cc2)c2ccccc2)cc1)/C(=C/c1cccc(Cl)c1)NC(=O)c1ccccc1. The van der Waals surface area contributed by atoms with E-state index in [-0.39, 0.29) is 11.6 Å². The predicted octanol–water partition coefficient (Wildman–Crippen LogP) is 10.0. The van der Waals surface area contributed by atoms with E-state index in [1.54, 1.807) is 78.9 Å².